The molecule has 0 radical (unpaired) electrons. The molecule has 3 unspecified atom stereocenters. The topological polar surface area (TPSA) is 57.6 Å². The predicted octanol–water partition coefficient (Wildman–Crippen LogP) is 2.49. The van der Waals surface area contributed by atoms with Gasteiger partial charge >= 0.3 is 0 Å². The lowest BCUT2D eigenvalue weighted by Gasteiger charge is -2.48. The minimum absolute atomic E-state index is 0.0442. The van der Waals surface area contributed by atoms with Crippen LogP contribution in [0.1, 0.15) is 65.7 Å². The third-order valence-electron chi connectivity index (χ3n) is 5.35. The van der Waals surface area contributed by atoms with Crippen LogP contribution in [0, 0.1) is 11.3 Å². The lowest BCUT2D eigenvalue weighted by Crippen LogP contribution is -2.55. The summed E-state index contributed by atoms with van der Waals surface area (Å²) in [5.41, 5.74) is 0.0861. The SMILES string of the molecule is CCC(C)(C)C1CCC(O)CC1N1C(=O)CCCC1=O. The molecule has 4 heteroatoms. The Kier molecular flexibility index (Phi) is 4.52. The first-order chi connectivity index (χ1) is 9.36. The summed E-state index contributed by atoms with van der Waals surface area (Å²) in [4.78, 5) is 25.9. The lowest BCUT2D eigenvalue weighted by molar-refractivity contribution is -0.156. The molecule has 2 amide bonds. The number of hydrogen-bond donors (Lipinski definition) is 1. The smallest absolute Gasteiger partial charge is 0.229 e. The summed E-state index contributed by atoms with van der Waals surface area (Å²) < 4.78 is 0. The summed E-state index contributed by atoms with van der Waals surface area (Å²) in [6.07, 6.45) is 4.46. The van der Waals surface area contributed by atoms with Crippen LogP contribution < -0.4 is 0 Å². The Hall–Kier alpha value is -0.900. The maximum absolute atomic E-state index is 12.2. The largest absolute Gasteiger partial charge is 0.393 e. The average molecular weight is 281 g/mol. The van der Waals surface area contributed by atoms with Gasteiger partial charge in [-0.3, -0.25) is 14.5 Å². The number of piperidine rings is 1. The standard InChI is InChI=1S/C16H27NO3/c1-4-16(2,3)12-9-8-11(18)10-13(12)17-14(19)6-5-7-15(17)20/h11-13,18H,4-10H2,1-3H3. The molecule has 0 aromatic rings. The summed E-state index contributed by atoms with van der Waals surface area (Å²) in [7, 11) is 0. The third-order valence-corrected chi connectivity index (χ3v) is 5.35. The lowest BCUT2D eigenvalue weighted by atomic mass is 9.66. The van der Waals surface area contributed by atoms with Gasteiger partial charge in [-0.25, -0.2) is 0 Å². The molecule has 20 heavy (non-hydrogen) atoms. The van der Waals surface area contributed by atoms with Crippen molar-refractivity contribution < 1.29 is 14.7 Å². The van der Waals surface area contributed by atoms with E-state index in [1.54, 1.807) is 0 Å². The minimum Gasteiger partial charge on any atom is -0.393 e. The molecule has 1 aliphatic carbocycles. The van der Waals surface area contributed by atoms with Crippen molar-refractivity contribution in [3.8, 4) is 0 Å². The van der Waals surface area contributed by atoms with E-state index in [2.05, 4.69) is 20.8 Å². The summed E-state index contributed by atoms with van der Waals surface area (Å²) in [5.74, 6) is 0.205. The van der Waals surface area contributed by atoms with Gasteiger partial charge in [0, 0.05) is 18.9 Å². The summed E-state index contributed by atoms with van der Waals surface area (Å²) in [5, 5.41) is 9.99. The molecule has 0 bridgehead atoms. The maximum atomic E-state index is 12.2. The quantitative estimate of drug-likeness (QED) is 0.809. The van der Waals surface area contributed by atoms with E-state index in [0.717, 1.165) is 19.3 Å². The molecule has 1 heterocycles. The molecule has 1 N–H and O–H groups in total. The van der Waals surface area contributed by atoms with Gasteiger partial charge in [0.2, 0.25) is 11.8 Å². The molecule has 2 rings (SSSR count). The highest BCUT2D eigenvalue weighted by Gasteiger charge is 2.45. The second kappa shape index (κ2) is 5.84. The van der Waals surface area contributed by atoms with Gasteiger partial charge in [0.25, 0.3) is 0 Å². The number of rotatable bonds is 3. The second-order valence-electron chi connectivity index (χ2n) is 6.99. The van der Waals surface area contributed by atoms with Gasteiger partial charge in [-0.05, 0) is 37.0 Å². The number of carbonyl (C=O) groups excluding carboxylic acids is 2. The summed E-state index contributed by atoms with van der Waals surface area (Å²) in [6, 6.07) is -0.117. The molecule has 3 atom stereocenters. The van der Waals surface area contributed by atoms with Crippen LogP contribution in [0.2, 0.25) is 0 Å². The summed E-state index contributed by atoms with van der Waals surface area (Å²) >= 11 is 0. The molecule has 2 aliphatic rings. The van der Waals surface area contributed by atoms with Crippen LogP contribution in [-0.2, 0) is 9.59 Å². The zero-order chi connectivity index (χ0) is 14.9. The molecule has 4 nitrogen and oxygen atoms in total. The van der Waals surface area contributed by atoms with E-state index >= 15 is 0 Å². The van der Waals surface area contributed by atoms with Crippen molar-refractivity contribution in [2.45, 2.75) is 77.9 Å². The zero-order valence-corrected chi connectivity index (χ0v) is 12.9. The Morgan fingerprint density at radius 1 is 1.20 bits per heavy atom. The van der Waals surface area contributed by atoms with Gasteiger partial charge in [-0.2, -0.15) is 0 Å². The van der Waals surface area contributed by atoms with Crippen molar-refractivity contribution in [1.82, 2.24) is 4.90 Å². The molecule has 114 valence electrons. The fraction of sp³-hybridized carbons (Fsp3) is 0.875. The van der Waals surface area contributed by atoms with E-state index in [1.165, 1.54) is 4.90 Å². The molecule has 0 spiro atoms. The second-order valence-corrected chi connectivity index (χ2v) is 6.99. The highest BCUT2D eigenvalue weighted by Crippen LogP contribution is 2.43. The Bertz CT molecular complexity index is 375. The number of hydrogen-bond acceptors (Lipinski definition) is 3. The number of imide groups is 1. The van der Waals surface area contributed by atoms with Gasteiger partial charge in [0.15, 0.2) is 0 Å². The van der Waals surface area contributed by atoms with Crippen LogP contribution in [0.5, 0.6) is 0 Å². The van der Waals surface area contributed by atoms with E-state index < -0.39 is 0 Å². The van der Waals surface area contributed by atoms with Crippen molar-refractivity contribution >= 4 is 11.8 Å². The fourth-order valence-electron chi connectivity index (χ4n) is 3.73. The van der Waals surface area contributed by atoms with Crippen LogP contribution in [0.15, 0.2) is 0 Å². The van der Waals surface area contributed by atoms with E-state index in [9.17, 15) is 14.7 Å². The first-order valence-corrected chi connectivity index (χ1v) is 7.89. The van der Waals surface area contributed by atoms with Gasteiger partial charge in [-0.15, -0.1) is 0 Å². The summed E-state index contributed by atoms with van der Waals surface area (Å²) in [6.45, 7) is 6.57. The maximum Gasteiger partial charge on any atom is 0.229 e. The number of aliphatic hydroxyl groups excluding tert-OH is 1. The van der Waals surface area contributed by atoms with Gasteiger partial charge in [0.05, 0.1) is 6.10 Å². The normalized spacial score (nSPS) is 32.6. The molecule has 0 aromatic heterocycles. The Morgan fingerprint density at radius 3 is 2.35 bits per heavy atom. The highest BCUT2D eigenvalue weighted by molar-refractivity contribution is 5.97. The molecule has 2 fully saturated rings. The number of carbonyl (C=O) groups is 2. The van der Waals surface area contributed by atoms with Crippen LogP contribution in [0.3, 0.4) is 0 Å². The molecule has 1 saturated carbocycles. The molecule has 0 aromatic carbocycles. The van der Waals surface area contributed by atoms with Crippen LogP contribution in [0.25, 0.3) is 0 Å². The Balaban J connectivity index is 2.27. The van der Waals surface area contributed by atoms with Crippen molar-refractivity contribution in [1.29, 1.82) is 0 Å². The van der Waals surface area contributed by atoms with E-state index in [1.807, 2.05) is 0 Å². The van der Waals surface area contributed by atoms with Crippen LogP contribution >= 0.6 is 0 Å². The average Bonchev–Trinajstić information content (AvgIpc) is 2.38. The van der Waals surface area contributed by atoms with Gasteiger partial charge < -0.3 is 5.11 Å². The van der Waals surface area contributed by atoms with Crippen molar-refractivity contribution in [3.05, 3.63) is 0 Å². The Morgan fingerprint density at radius 2 is 1.80 bits per heavy atom. The van der Waals surface area contributed by atoms with Gasteiger partial charge in [-0.1, -0.05) is 27.2 Å². The van der Waals surface area contributed by atoms with Crippen molar-refractivity contribution in [2.75, 3.05) is 0 Å². The minimum atomic E-state index is -0.383. The van der Waals surface area contributed by atoms with Crippen LogP contribution in [-0.4, -0.2) is 34.0 Å². The molecular formula is C16H27NO3. The van der Waals surface area contributed by atoms with Crippen LogP contribution in [0.4, 0.5) is 0 Å². The predicted molar refractivity (Wildman–Crippen MR) is 76.9 cm³/mol. The number of amides is 2. The number of nitrogens with zero attached hydrogens (tertiary/aromatic N) is 1. The monoisotopic (exact) mass is 281 g/mol. The van der Waals surface area contributed by atoms with E-state index in [0.29, 0.717) is 31.6 Å². The molecular weight excluding hydrogens is 254 g/mol. The first kappa shape index (κ1) is 15.5. The fourth-order valence-corrected chi connectivity index (χ4v) is 3.73. The third kappa shape index (κ3) is 2.90. The Labute approximate surface area is 121 Å². The molecule has 1 aliphatic heterocycles. The van der Waals surface area contributed by atoms with Gasteiger partial charge in [0.1, 0.15) is 0 Å². The van der Waals surface area contributed by atoms with Crippen molar-refractivity contribution in [2.24, 2.45) is 11.3 Å². The van der Waals surface area contributed by atoms with E-state index in [-0.39, 0.29) is 29.4 Å². The number of likely N-dealkylation sites (tertiary alicyclic amines) is 1. The first-order valence-electron chi connectivity index (χ1n) is 7.89. The van der Waals surface area contributed by atoms with E-state index in [4.69, 9.17) is 0 Å². The molecule has 1 saturated heterocycles. The van der Waals surface area contributed by atoms with Crippen molar-refractivity contribution in [3.63, 3.8) is 0 Å². The zero-order valence-electron chi connectivity index (χ0n) is 12.9. The highest BCUT2D eigenvalue weighted by atomic mass is 16.3. The number of aliphatic hydroxyl groups is 1.